The summed E-state index contributed by atoms with van der Waals surface area (Å²) < 4.78 is 2.04. The van der Waals surface area contributed by atoms with Crippen molar-refractivity contribution in [1.29, 1.82) is 0 Å². The maximum Gasteiger partial charge on any atom is 0.166 e. The Bertz CT molecular complexity index is 1670. The number of rotatable bonds is 5. The molecule has 182 valence electrons. The van der Waals surface area contributed by atoms with Gasteiger partial charge in [-0.15, -0.1) is 10.2 Å². The lowest BCUT2D eigenvalue weighted by Crippen LogP contribution is -2.13. The van der Waals surface area contributed by atoms with Gasteiger partial charge in [-0.05, 0) is 30.5 Å². The molecule has 0 N–H and O–H groups in total. The first-order valence-corrected chi connectivity index (χ1v) is 12.4. The van der Waals surface area contributed by atoms with Crippen molar-refractivity contribution < 1.29 is 4.79 Å². The minimum Gasteiger partial charge on any atom is -0.377 e. The van der Waals surface area contributed by atoms with Crippen LogP contribution in [0.4, 0.5) is 5.69 Å². The van der Waals surface area contributed by atoms with E-state index in [0.717, 1.165) is 44.8 Å². The van der Waals surface area contributed by atoms with Crippen LogP contribution in [0.1, 0.15) is 45.6 Å². The van der Waals surface area contributed by atoms with Crippen LogP contribution < -0.4 is 4.90 Å². The Kier molecular flexibility index (Phi) is 5.64. The highest BCUT2D eigenvalue weighted by Gasteiger charge is 2.30. The van der Waals surface area contributed by atoms with E-state index in [2.05, 4.69) is 45.4 Å². The van der Waals surface area contributed by atoms with Crippen molar-refractivity contribution in [1.82, 2.24) is 14.8 Å². The summed E-state index contributed by atoms with van der Waals surface area (Å²) in [6, 6.07) is 29.8. The van der Waals surface area contributed by atoms with Gasteiger partial charge in [0.15, 0.2) is 11.6 Å². The van der Waals surface area contributed by atoms with Crippen LogP contribution in [0.2, 0.25) is 0 Å². The van der Waals surface area contributed by atoms with Crippen LogP contribution in [0.5, 0.6) is 0 Å². The fourth-order valence-corrected chi connectivity index (χ4v) is 5.21. The number of aryl methyl sites for hydroxylation is 1. The van der Waals surface area contributed by atoms with Gasteiger partial charge in [-0.3, -0.25) is 14.4 Å². The third-order valence-corrected chi connectivity index (χ3v) is 6.94. The highest BCUT2D eigenvalue weighted by molar-refractivity contribution is 6.16. The molecule has 37 heavy (non-hydrogen) atoms. The summed E-state index contributed by atoms with van der Waals surface area (Å²) in [4.78, 5) is 21.2. The lowest BCUT2D eigenvalue weighted by molar-refractivity contribution is 0.0975. The minimum absolute atomic E-state index is 0.0285. The van der Waals surface area contributed by atoms with Gasteiger partial charge >= 0.3 is 0 Å². The topological polar surface area (TPSA) is 63.4 Å². The number of anilines is 1. The summed E-state index contributed by atoms with van der Waals surface area (Å²) >= 11 is 0. The van der Waals surface area contributed by atoms with E-state index in [1.807, 2.05) is 86.2 Å². The number of fused-ring (bicyclic) bond motifs is 4. The number of aromatic nitrogens is 3. The lowest BCUT2D eigenvalue weighted by Gasteiger charge is -2.18. The van der Waals surface area contributed by atoms with Crippen LogP contribution in [-0.4, -0.2) is 40.4 Å². The highest BCUT2D eigenvalue weighted by atomic mass is 16.1. The largest absolute Gasteiger partial charge is 0.377 e. The molecule has 0 bridgehead atoms. The van der Waals surface area contributed by atoms with Crippen molar-refractivity contribution in [3.05, 3.63) is 119 Å². The number of hydrogen-bond acceptors (Lipinski definition) is 5. The number of benzene rings is 4. The Labute approximate surface area is 215 Å². The maximum atomic E-state index is 13.9. The summed E-state index contributed by atoms with van der Waals surface area (Å²) in [6.45, 7) is 1.94. The van der Waals surface area contributed by atoms with Crippen LogP contribution >= 0.6 is 0 Å². The molecule has 1 unspecified atom stereocenters. The Morgan fingerprint density at radius 1 is 0.838 bits per heavy atom. The fourth-order valence-electron chi connectivity index (χ4n) is 5.21. The van der Waals surface area contributed by atoms with Gasteiger partial charge in [-0.2, -0.15) is 0 Å². The van der Waals surface area contributed by atoms with Gasteiger partial charge in [0.2, 0.25) is 0 Å². The molecule has 0 radical (unpaired) electrons. The molecule has 4 aromatic carbocycles. The molecule has 0 saturated carbocycles. The fraction of sp³-hybridized carbons (Fsp3) is 0.161. The monoisotopic (exact) mass is 485 g/mol. The molecule has 6 heteroatoms. The molecular formula is C31H27N5O. The number of hydrogen-bond donors (Lipinski definition) is 0. The minimum atomic E-state index is -0.483. The van der Waals surface area contributed by atoms with E-state index in [4.69, 9.17) is 4.99 Å². The molecule has 0 saturated heterocycles. The van der Waals surface area contributed by atoms with Crippen LogP contribution in [-0.2, 0) is 0 Å². The van der Waals surface area contributed by atoms with Gasteiger partial charge in [0.05, 0.1) is 11.4 Å². The van der Waals surface area contributed by atoms with Crippen LogP contribution in [0, 0.1) is 6.92 Å². The van der Waals surface area contributed by atoms with E-state index in [-0.39, 0.29) is 12.2 Å². The summed E-state index contributed by atoms with van der Waals surface area (Å²) in [5.41, 5.74) is 5.60. The van der Waals surface area contributed by atoms with E-state index in [1.54, 1.807) is 0 Å². The highest BCUT2D eigenvalue weighted by Crippen LogP contribution is 2.35. The second-order valence-electron chi connectivity index (χ2n) is 9.52. The van der Waals surface area contributed by atoms with Crippen molar-refractivity contribution in [3.8, 4) is 5.69 Å². The van der Waals surface area contributed by atoms with Gasteiger partial charge in [-0.1, -0.05) is 72.8 Å². The number of Topliss-reactive ketones (excluding diaryl/α,β-unsaturated/α-hetero) is 1. The molecule has 0 amide bonds. The average Bonchev–Trinajstić information content (AvgIpc) is 3.25. The van der Waals surface area contributed by atoms with Crippen molar-refractivity contribution in [2.24, 2.45) is 4.99 Å². The van der Waals surface area contributed by atoms with Gasteiger partial charge in [0.25, 0.3) is 0 Å². The maximum absolute atomic E-state index is 13.9. The predicted molar refractivity (Wildman–Crippen MR) is 148 cm³/mol. The number of carbonyl (C=O) groups is 1. The van der Waals surface area contributed by atoms with Crippen LogP contribution in [0.3, 0.4) is 0 Å². The number of ketones is 1. The average molecular weight is 486 g/mol. The SMILES string of the molecule is Cc1nnc2n1-c1ccccc1C(c1ccccc1)=NC2CC(=O)c1ccc(N(C)C)c2ccccc12. The molecule has 5 aromatic rings. The smallest absolute Gasteiger partial charge is 0.166 e. The molecular weight excluding hydrogens is 458 g/mol. The molecule has 1 aliphatic rings. The van der Waals surface area contributed by atoms with Crippen molar-refractivity contribution in [2.45, 2.75) is 19.4 Å². The van der Waals surface area contributed by atoms with Crippen molar-refractivity contribution in [2.75, 3.05) is 19.0 Å². The van der Waals surface area contributed by atoms with E-state index in [9.17, 15) is 4.79 Å². The van der Waals surface area contributed by atoms with Crippen LogP contribution in [0.15, 0.2) is 96.0 Å². The number of carbonyl (C=O) groups excluding carboxylic acids is 1. The summed E-state index contributed by atoms with van der Waals surface area (Å²) in [5.74, 6) is 1.48. The van der Waals surface area contributed by atoms with E-state index in [0.29, 0.717) is 11.4 Å². The second-order valence-corrected chi connectivity index (χ2v) is 9.52. The van der Waals surface area contributed by atoms with Crippen molar-refractivity contribution >= 4 is 28.0 Å². The van der Waals surface area contributed by atoms with Gasteiger partial charge in [0.1, 0.15) is 11.9 Å². The number of aliphatic imine (C=N–C) groups is 1. The first-order chi connectivity index (χ1) is 18.0. The zero-order valence-electron chi connectivity index (χ0n) is 21.1. The number of nitrogens with zero attached hydrogens (tertiary/aromatic N) is 5. The van der Waals surface area contributed by atoms with Crippen LogP contribution in [0.25, 0.3) is 16.5 Å². The van der Waals surface area contributed by atoms with E-state index >= 15 is 0 Å². The first-order valence-electron chi connectivity index (χ1n) is 12.4. The molecule has 0 spiro atoms. The summed E-state index contributed by atoms with van der Waals surface area (Å²) in [7, 11) is 4.03. The molecule has 0 aliphatic carbocycles. The van der Waals surface area contributed by atoms with Gasteiger partial charge in [0, 0.05) is 48.3 Å². The zero-order valence-corrected chi connectivity index (χ0v) is 21.1. The third kappa shape index (κ3) is 3.91. The molecule has 1 aliphatic heterocycles. The van der Waals surface area contributed by atoms with Gasteiger partial charge in [-0.25, -0.2) is 0 Å². The van der Waals surface area contributed by atoms with E-state index in [1.165, 1.54) is 0 Å². The molecule has 1 aromatic heterocycles. The second kappa shape index (κ2) is 9.13. The Morgan fingerprint density at radius 2 is 1.54 bits per heavy atom. The summed E-state index contributed by atoms with van der Waals surface area (Å²) in [5, 5.41) is 10.9. The Balaban J connectivity index is 1.50. The molecule has 6 nitrogen and oxygen atoms in total. The summed E-state index contributed by atoms with van der Waals surface area (Å²) in [6.07, 6.45) is 0.188. The predicted octanol–water partition coefficient (Wildman–Crippen LogP) is 5.96. The van der Waals surface area contributed by atoms with Crippen molar-refractivity contribution in [3.63, 3.8) is 0 Å². The normalized spacial score (nSPS) is 14.5. The molecule has 2 heterocycles. The number of para-hydroxylation sites is 1. The molecule has 0 fully saturated rings. The molecule has 1 atom stereocenters. The Hall–Kier alpha value is -4.58. The van der Waals surface area contributed by atoms with Gasteiger partial charge < -0.3 is 4.90 Å². The first kappa shape index (κ1) is 22.9. The third-order valence-electron chi connectivity index (χ3n) is 6.94. The standard InChI is InChI=1S/C31H27N5O/c1-20-33-34-31-26(19-29(37)24-17-18-27(35(2)3)23-14-8-7-13-22(23)24)32-30(21-11-5-4-6-12-21)25-15-9-10-16-28(25)36(20)31/h4-18,26H,19H2,1-3H3. The lowest BCUT2D eigenvalue weighted by atomic mass is 9.96. The van der Waals surface area contributed by atoms with E-state index < -0.39 is 6.04 Å². The Morgan fingerprint density at radius 3 is 2.32 bits per heavy atom. The molecule has 6 rings (SSSR count). The zero-order chi connectivity index (χ0) is 25.5. The quantitative estimate of drug-likeness (QED) is 0.288.